The third-order valence-corrected chi connectivity index (χ3v) is 1.91. The van der Waals surface area contributed by atoms with Crippen LogP contribution in [0.1, 0.15) is 26.7 Å². The molecule has 0 amide bonds. The number of aliphatic imine (C=N–C) groups is 1. The minimum atomic E-state index is 0. The van der Waals surface area contributed by atoms with Gasteiger partial charge in [0.2, 0.25) is 0 Å². The van der Waals surface area contributed by atoms with Gasteiger partial charge < -0.3 is 15.4 Å². The van der Waals surface area contributed by atoms with Crippen LogP contribution in [0.5, 0.6) is 0 Å². The van der Waals surface area contributed by atoms with E-state index in [1.165, 1.54) is 6.42 Å². The number of halogens is 1. The minimum Gasteiger partial charge on any atom is -0.380 e. The second-order valence-corrected chi connectivity index (χ2v) is 3.40. The van der Waals surface area contributed by atoms with Crippen LogP contribution in [0.25, 0.3) is 0 Å². The first-order valence-electron chi connectivity index (χ1n) is 6.06. The molecule has 0 spiro atoms. The standard InChI is InChI=1S/C12H25N3O.HI/c1-4-7-10-16-11-9-15-12(13-6-3)14-8-5-2;/h5H,2,4,6-11H2,1,3H3,(H2,13,14,15);1H. The molecule has 0 aliphatic carbocycles. The van der Waals surface area contributed by atoms with Crippen LogP contribution in [0.15, 0.2) is 17.6 Å². The summed E-state index contributed by atoms with van der Waals surface area (Å²) in [4.78, 5) is 4.37. The van der Waals surface area contributed by atoms with E-state index < -0.39 is 0 Å². The third-order valence-electron chi connectivity index (χ3n) is 1.91. The zero-order chi connectivity index (χ0) is 12.1. The summed E-state index contributed by atoms with van der Waals surface area (Å²) in [5.74, 6) is 0.821. The lowest BCUT2D eigenvalue weighted by atomic mass is 10.4. The largest absolute Gasteiger partial charge is 0.380 e. The quantitative estimate of drug-likeness (QED) is 0.219. The predicted octanol–water partition coefficient (Wildman–Crippen LogP) is 2.16. The van der Waals surface area contributed by atoms with Gasteiger partial charge in [-0.15, -0.1) is 30.6 Å². The summed E-state index contributed by atoms with van der Waals surface area (Å²) < 4.78 is 5.42. The summed E-state index contributed by atoms with van der Waals surface area (Å²) in [5.41, 5.74) is 0. The van der Waals surface area contributed by atoms with Crippen LogP contribution in [0.3, 0.4) is 0 Å². The maximum Gasteiger partial charge on any atom is 0.191 e. The van der Waals surface area contributed by atoms with Crippen LogP contribution in [0.2, 0.25) is 0 Å². The van der Waals surface area contributed by atoms with Crippen LogP contribution in [0.4, 0.5) is 0 Å². The smallest absolute Gasteiger partial charge is 0.191 e. The molecule has 0 aromatic heterocycles. The first kappa shape index (κ1) is 19.0. The zero-order valence-corrected chi connectivity index (χ0v) is 13.3. The Morgan fingerprint density at radius 3 is 2.65 bits per heavy atom. The van der Waals surface area contributed by atoms with Gasteiger partial charge in [0.25, 0.3) is 0 Å². The van der Waals surface area contributed by atoms with Gasteiger partial charge in [0.1, 0.15) is 0 Å². The number of nitrogens with zero attached hydrogens (tertiary/aromatic N) is 1. The molecule has 0 rings (SSSR count). The number of nitrogens with one attached hydrogen (secondary N) is 2. The molecule has 2 N–H and O–H groups in total. The van der Waals surface area contributed by atoms with E-state index in [2.05, 4.69) is 29.1 Å². The molecular weight excluding hydrogens is 329 g/mol. The highest BCUT2D eigenvalue weighted by molar-refractivity contribution is 14.0. The van der Waals surface area contributed by atoms with E-state index in [0.717, 1.165) is 32.1 Å². The maximum atomic E-state index is 5.42. The summed E-state index contributed by atoms with van der Waals surface area (Å²) in [7, 11) is 0. The van der Waals surface area contributed by atoms with Gasteiger partial charge in [0, 0.05) is 19.7 Å². The Kier molecular flexibility index (Phi) is 17.6. The summed E-state index contributed by atoms with van der Waals surface area (Å²) in [5, 5.41) is 6.29. The van der Waals surface area contributed by atoms with Crippen molar-refractivity contribution >= 4 is 29.9 Å². The van der Waals surface area contributed by atoms with Gasteiger partial charge in [-0.05, 0) is 13.3 Å². The van der Waals surface area contributed by atoms with Gasteiger partial charge in [0.05, 0.1) is 13.2 Å². The molecule has 4 nitrogen and oxygen atoms in total. The first-order chi connectivity index (χ1) is 7.85. The Morgan fingerprint density at radius 1 is 1.29 bits per heavy atom. The van der Waals surface area contributed by atoms with Crippen molar-refractivity contribution in [1.29, 1.82) is 0 Å². The van der Waals surface area contributed by atoms with E-state index in [-0.39, 0.29) is 24.0 Å². The fourth-order valence-corrected chi connectivity index (χ4v) is 1.08. The zero-order valence-electron chi connectivity index (χ0n) is 11.0. The molecule has 0 aliphatic heterocycles. The van der Waals surface area contributed by atoms with Gasteiger partial charge in [0.15, 0.2) is 5.96 Å². The highest BCUT2D eigenvalue weighted by atomic mass is 127. The topological polar surface area (TPSA) is 45.7 Å². The van der Waals surface area contributed by atoms with Crippen molar-refractivity contribution in [2.24, 2.45) is 4.99 Å². The minimum absolute atomic E-state index is 0. The lowest BCUT2D eigenvalue weighted by Crippen LogP contribution is -2.37. The average molecular weight is 355 g/mol. The van der Waals surface area contributed by atoms with Crippen LogP contribution in [-0.2, 0) is 4.74 Å². The van der Waals surface area contributed by atoms with E-state index in [0.29, 0.717) is 13.2 Å². The van der Waals surface area contributed by atoms with Gasteiger partial charge in [-0.3, -0.25) is 4.99 Å². The van der Waals surface area contributed by atoms with Crippen molar-refractivity contribution in [1.82, 2.24) is 10.6 Å². The monoisotopic (exact) mass is 355 g/mol. The van der Waals surface area contributed by atoms with Gasteiger partial charge in [-0.1, -0.05) is 19.4 Å². The molecule has 0 bridgehead atoms. The van der Waals surface area contributed by atoms with Gasteiger partial charge >= 0.3 is 0 Å². The molecule has 0 aromatic rings. The average Bonchev–Trinajstić information content (AvgIpc) is 2.30. The molecule has 0 heterocycles. The number of hydrogen-bond acceptors (Lipinski definition) is 2. The molecule has 0 atom stereocenters. The van der Waals surface area contributed by atoms with Crippen LogP contribution < -0.4 is 10.6 Å². The first-order valence-corrected chi connectivity index (χ1v) is 6.06. The lowest BCUT2D eigenvalue weighted by molar-refractivity contribution is 0.139. The van der Waals surface area contributed by atoms with Crippen molar-refractivity contribution in [2.45, 2.75) is 26.7 Å². The fraction of sp³-hybridized carbons (Fsp3) is 0.750. The summed E-state index contributed by atoms with van der Waals surface area (Å²) in [6.07, 6.45) is 4.11. The second kappa shape index (κ2) is 15.7. The molecule has 0 unspecified atom stereocenters. The molecule has 102 valence electrons. The summed E-state index contributed by atoms with van der Waals surface area (Å²) in [6, 6.07) is 0. The molecular formula is C12H26IN3O. The molecule has 17 heavy (non-hydrogen) atoms. The van der Waals surface area contributed by atoms with Crippen molar-refractivity contribution in [3.05, 3.63) is 12.7 Å². The van der Waals surface area contributed by atoms with Gasteiger partial charge in [-0.2, -0.15) is 0 Å². The Labute approximate surface area is 122 Å². The van der Waals surface area contributed by atoms with E-state index >= 15 is 0 Å². The molecule has 0 saturated heterocycles. The fourth-order valence-electron chi connectivity index (χ4n) is 1.08. The Morgan fingerprint density at radius 2 is 2.06 bits per heavy atom. The van der Waals surface area contributed by atoms with Crippen molar-refractivity contribution in [3.8, 4) is 0 Å². The number of rotatable bonds is 9. The number of guanidine groups is 1. The normalized spacial score (nSPS) is 10.6. The third kappa shape index (κ3) is 13.6. The maximum absolute atomic E-state index is 5.42. The molecule has 0 radical (unpaired) electrons. The van der Waals surface area contributed by atoms with Crippen molar-refractivity contribution in [3.63, 3.8) is 0 Å². The Bertz CT molecular complexity index is 198. The highest BCUT2D eigenvalue weighted by Gasteiger charge is 1.93. The van der Waals surface area contributed by atoms with Crippen LogP contribution in [-0.4, -0.2) is 38.8 Å². The second-order valence-electron chi connectivity index (χ2n) is 3.40. The van der Waals surface area contributed by atoms with E-state index in [4.69, 9.17) is 4.74 Å². The van der Waals surface area contributed by atoms with E-state index in [1.54, 1.807) is 0 Å². The van der Waals surface area contributed by atoms with E-state index in [1.807, 2.05) is 13.0 Å². The SMILES string of the molecule is C=CCNC(=NCCOCCCC)NCC.I. The molecule has 0 saturated carbocycles. The molecule has 5 heteroatoms. The van der Waals surface area contributed by atoms with Crippen molar-refractivity contribution in [2.75, 3.05) is 32.8 Å². The number of ether oxygens (including phenoxy) is 1. The molecule has 0 aliphatic rings. The van der Waals surface area contributed by atoms with Crippen LogP contribution >= 0.6 is 24.0 Å². The molecule has 0 fully saturated rings. The highest BCUT2D eigenvalue weighted by Crippen LogP contribution is 1.87. The molecule has 0 aromatic carbocycles. The van der Waals surface area contributed by atoms with Crippen molar-refractivity contribution < 1.29 is 4.74 Å². The Hall–Kier alpha value is -0.300. The number of hydrogen-bond donors (Lipinski definition) is 2. The lowest BCUT2D eigenvalue weighted by Gasteiger charge is -2.09. The Balaban J connectivity index is 0. The van der Waals surface area contributed by atoms with Crippen LogP contribution in [0, 0.1) is 0 Å². The predicted molar refractivity (Wildman–Crippen MR) is 85.3 cm³/mol. The summed E-state index contributed by atoms with van der Waals surface area (Å²) in [6.45, 7) is 11.7. The van der Waals surface area contributed by atoms with E-state index in [9.17, 15) is 0 Å². The summed E-state index contributed by atoms with van der Waals surface area (Å²) >= 11 is 0. The number of unbranched alkanes of at least 4 members (excludes halogenated alkanes) is 1. The van der Waals surface area contributed by atoms with Gasteiger partial charge in [-0.25, -0.2) is 0 Å².